The zero-order valence-electron chi connectivity index (χ0n) is 9.52. The van der Waals surface area contributed by atoms with E-state index in [1.165, 1.54) is 12.1 Å². The zero-order valence-corrected chi connectivity index (χ0v) is 13.5. The molecule has 0 amide bonds. The standard InChI is InChI=1S/C9H8BrClN4O2S2/c1-4-13-9(18-14-4)15-19(16,17)7-3-5(11)2-6(12)8(7)10/h2-3H,12H2,1H3,(H,13,14,15). The SMILES string of the molecule is Cc1nsc(NS(=O)(=O)c2cc(Cl)cc(N)c2Br)n1. The quantitative estimate of drug-likeness (QED) is 0.794. The van der Waals surface area contributed by atoms with Crippen LogP contribution in [0.2, 0.25) is 5.02 Å². The highest BCUT2D eigenvalue weighted by Gasteiger charge is 2.21. The van der Waals surface area contributed by atoms with Crippen molar-refractivity contribution >= 4 is 59.9 Å². The number of sulfonamides is 1. The van der Waals surface area contributed by atoms with Gasteiger partial charge in [-0.15, -0.1) is 0 Å². The van der Waals surface area contributed by atoms with E-state index in [1.807, 2.05) is 0 Å². The third-order valence-corrected chi connectivity index (χ3v) is 5.65. The first-order valence-electron chi connectivity index (χ1n) is 4.87. The highest BCUT2D eigenvalue weighted by atomic mass is 79.9. The number of hydrogen-bond donors (Lipinski definition) is 2. The van der Waals surface area contributed by atoms with Crippen LogP contribution in [0.3, 0.4) is 0 Å². The number of halogens is 2. The Bertz CT molecular complexity index is 732. The molecule has 0 aliphatic rings. The molecule has 0 bridgehead atoms. The van der Waals surface area contributed by atoms with E-state index in [-0.39, 0.29) is 25.2 Å². The Hall–Kier alpha value is -0.900. The van der Waals surface area contributed by atoms with Crippen LogP contribution in [0.1, 0.15) is 5.82 Å². The predicted molar refractivity (Wildman–Crippen MR) is 79.0 cm³/mol. The van der Waals surface area contributed by atoms with Crippen LogP contribution in [-0.2, 0) is 10.0 Å². The summed E-state index contributed by atoms with van der Waals surface area (Å²) in [5.41, 5.74) is 5.90. The molecular weight excluding hydrogens is 376 g/mol. The largest absolute Gasteiger partial charge is 0.398 e. The van der Waals surface area contributed by atoms with Crippen LogP contribution in [0.5, 0.6) is 0 Å². The van der Waals surface area contributed by atoms with E-state index in [4.69, 9.17) is 17.3 Å². The van der Waals surface area contributed by atoms with E-state index >= 15 is 0 Å². The fourth-order valence-electron chi connectivity index (χ4n) is 1.29. The van der Waals surface area contributed by atoms with Crippen LogP contribution in [0.4, 0.5) is 10.8 Å². The Morgan fingerprint density at radius 3 is 2.74 bits per heavy atom. The molecule has 0 saturated carbocycles. The third kappa shape index (κ3) is 3.16. The molecule has 0 atom stereocenters. The van der Waals surface area contributed by atoms with E-state index in [0.29, 0.717) is 5.82 Å². The summed E-state index contributed by atoms with van der Waals surface area (Å²) in [7, 11) is -3.83. The van der Waals surface area contributed by atoms with Crippen molar-refractivity contribution in [3.8, 4) is 0 Å². The summed E-state index contributed by atoms with van der Waals surface area (Å²) in [5.74, 6) is 0.493. The van der Waals surface area contributed by atoms with E-state index in [1.54, 1.807) is 6.92 Å². The van der Waals surface area contributed by atoms with Crippen LogP contribution in [0.15, 0.2) is 21.5 Å². The molecular formula is C9H8BrClN4O2S2. The maximum atomic E-state index is 12.2. The number of benzene rings is 1. The molecule has 10 heteroatoms. The molecule has 0 saturated heterocycles. The second kappa shape index (κ2) is 5.23. The van der Waals surface area contributed by atoms with Crippen molar-refractivity contribution in [2.24, 2.45) is 0 Å². The lowest BCUT2D eigenvalue weighted by molar-refractivity contribution is 0.601. The van der Waals surface area contributed by atoms with Crippen LogP contribution >= 0.6 is 39.1 Å². The molecule has 0 aliphatic heterocycles. The molecule has 0 unspecified atom stereocenters. The molecule has 0 fully saturated rings. The summed E-state index contributed by atoms with van der Waals surface area (Å²) in [5, 5.41) is 0.414. The van der Waals surface area contributed by atoms with Gasteiger partial charge in [-0.1, -0.05) is 11.6 Å². The third-order valence-electron chi connectivity index (χ3n) is 2.07. The molecule has 6 nitrogen and oxygen atoms in total. The molecule has 2 aromatic rings. The molecule has 1 heterocycles. The van der Waals surface area contributed by atoms with Crippen molar-refractivity contribution in [2.45, 2.75) is 11.8 Å². The van der Waals surface area contributed by atoms with Gasteiger partial charge < -0.3 is 5.73 Å². The van der Waals surface area contributed by atoms with Crippen LogP contribution in [0, 0.1) is 6.92 Å². The number of anilines is 2. The minimum absolute atomic E-state index is 0.0506. The van der Waals surface area contributed by atoms with Gasteiger partial charge in [0, 0.05) is 22.2 Å². The second-order valence-corrected chi connectivity index (χ2v) is 7.19. The van der Waals surface area contributed by atoms with Crippen LogP contribution in [0.25, 0.3) is 0 Å². The smallest absolute Gasteiger partial charge is 0.264 e. The Morgan fingerprint density at radius 2 is 2.16 bits per heavy atom. The van der Waals surface area contributed by atoms with Crippen LogP contribution in [-0.4, -0.2) is 17.8 Å². The van der Waals surface area contributed by atoms with E-state index in [9.17, 15) is 8.42 Å². The van der Waals surface area contributed by atoms with Gasteiger partial charge in [-0.05, 0) is 35.0 Å². The van der Waals surface area contributed by atoms with Crippen molar-refractivity contribution in [1.82, 2.24) is 9.36 Å². The lowest BCUT2D eigenvalue weighted by Crippen LogP contribution is -2.14. The maximum absolute atomic E-state index is 12.2. The summed E-state index contributed by atoms with van der Waals surface area (Å²) in [6, 6.07) is 2.76. The Labute approximate surface area is 127 Å². The molecule has 1 aromatic heterocycles. The van der Waals surface area contributed by atoms with Gasteiger partial charge in [0.15, 0.2) is 0 Å². The Morgan fingerprint density at radius 1 is 1.47 bits per heavy atom. The Balaban J connectivity index is 2.45. The Kier molecular flexibility index (Phi) is 4.00. The first kappa shape index (κ1) is 14.5. The normalized spacial score (nSPS) is 11.5. The fourth-order valence-corrected chi connectivity index (χ4v) is 4.38. The van der Waals surface area contributed by atoms with Crippen molar-refractivity contribution in [1.29, 1.82) is 0 Å². The van der Waals surface area contributed by atoms with Gasteiger partial charge in [0.1, 0.15) is 10.7 Å². The minimum atomic E-state index is -3.83. The van der Waals surface area contributed by atoms with E-state index < -0.39 is 10.0 Å². The lowest BCUT2D eigenvalue weighted by atomic mass is 10.3. The molecule has 102 valence electrons. The molecule has 2 rings (SSSR count). The number of nitrogens with two attached hydrogens (primary N) is 1. The van der Waals surface area contributed by atoms with Crippen molar-refractivity contribution in [3.63, 3.8) is 0 Å². The maximum Gasteiger partial charge on any atom is 0.264 e. The highest BCUT2D eigenvalue weighted by molar-refractivity contribution is 9.10. The average molecular weight is 384 g/mol. The van der Waals surface area contributed by atoms with E-state index in [2.05, 4.69) is 30.0 Å². The topological polar surface area (TPSA) is 98.0 Å². The minimum Gasteiger partial charge on any atom is -0.398 e. The van der Waals surface area contributed by atoms with Gasteiger partial charge in [-0.3, -0.25) is 4.72 Å². The van der Waals surface area contributed by atoms with Gasteiger partial charge in [0.2, 0.25) is 5.13 Å². The lowest BCUT2D eigenvalue weighted by Gasteiger charge is -2.09. The number of rotatable bonds is 3. The number of nitrogen functional groups attached to an aromatic ring is 1. The number of hydrogen-bond acceptors (Lipinski definition) is 6. The molecule has 1 aromatic carbocycles. The van der Waals surface area contributed by atoms with Gasteiger partial charge in [-0.25, -0.2) is 13.4 Å². The number of aromatic nitrogens is 2. The first-order chi connectivity index (χ1) is 8.79. The molecule has 3 N–H and O–H groups in total. The highest BCUT2D eigenvalue weighted by Crippen LogP contribution is 2.32. The first-order valence-corrected chi connectivity index (χ1v) is 8.30. The van der Waals surface area contributed by atoms with Crippen molar-refractivity contribution in [3.05, 3.63) is 27.5 Å². The number of nitrogens with zero attached hydrogens (tertiary/aromatic N) is 2. The van der Waals surface area contributed by atoms with Crippen LogP contribution < -0.4 is 10.5 Å². The van der Waals surface area contributed by atoms with Crippen molar-refractivity contribution in [2.75, 3.05) is 10.5 Å². The van der Waals surface area contributed by atoms with Gasteiger partial charge in [0.25, 0.3) is 10.0 Å². The second-order valence-electron chi connectivity index (χ2n) is 3.56. The monoisotopic (exact) mass is 382 g/mol. The fraction of sp³-hybridized carbons (Fsp3) is 0.111. The van der Waals surface area contributed by atoms with Gasteiger partial charge in [0.05, 0.1) is 4.47 Å². The molecule has 0 aliphatic carbocycles. The average Bonchev–Trinajstić information content (AvgIpc) is 2.68. The van der Waals surface area contributed by atoms with E-state index in [0.717, 1.165) is 11.5 Å². The number of nitrogens with one attached hydrogen (secondary N) is 1. The van der Waals surface area contributed by atoms with Gasteiger partial charge >= 0.3 is 0 Å². The van der Waals surface area contributed by atoms with Crippen molar-refractivity contribution < 1.29 is 8.42 Å². The summed E-state index contributed by atoms with van der Waals surface area (Å²) in [6.45, 7) is 1.67. The zero-order chi connectivity index (χ0) is 14.2. The number of aryl methyl sites for hydroxylation is 1. The summed E-state index contributed by atoms with van der Waals surface area (Å²) in [6.07, 6.45) is 0. The molecule has 19 heavy (non-hydrogen) atoms. The molecule has 0 spiro atoms. The van der Waals surface area contributed by atoms with Gasteiger partial charge in [-0.2, -0.15) is 4.37 Å². The summed E-state index contributed by atoms with van der Waals surface area (Å²) < 4.78 is 30.9. The predicted octanol–water partition coefficient (Wildman–Crippen LogP) is 2.65. The summed E-state index contributed by atoms with van der Waals surface area (Å²) in [4.78, 5) is 3.88. The summed E-state index contributed by atoms with van der Waals surface area (Å²) >= 11 is 9.90. The molecule has 0 radical (unpaired) electrons.